The second-order valence-corrected chi connectivity index (χ2v) is 6.36. The normalized spacial score (nSPS) is 25.6. The molecule has 0 aromatic carbocycles. The summed E-state index contributed by atoms with van der Waals surface area (Å²) in [4.78, 5) is 0. The molecule has 16 heavy (non-hydrogen) atoms. The van der Waals surface area contributed by atoms with E-state index in [9.17, 15) is 8.42 Å². The molecule has 1 saturated heterocycles. The Labute approximate surface area is 97.2 Å². The molecule has 1 rings (SSSR count). The maximum Gasteiger partial charge on any atom is 0.214 e. The maximum atomic E-state index is 11.8. The highest BCUT2D eigenvalue weighted by Crippen LogP contribution is 2.16. The van der Waals surface area contributed by atoms with Crippen molar-refractivity contribution in [2.75, 3.05) is 19.0 Å². The van der Waals surface area contributed by atoms with Gasteiger partial charge in [-0.2, -0.15) is 0 Å². The van der Waals surface area contributed by atoms with Crippen molar-refractivity contribution in [2.45, 2.75) is 44.8 Å². The van der Waals surface area contributed by atoms with Gasteiger partial charge in [-0.05, 0) is 26.2 Å². The summed E-state index contributed by atoms with van der Waals surface area (Å²) in [7, 11) is -3.38. The number of ether oxygens (including phenoxy) is 1. The van der Waals surface area contributed by atoms with Crippen LogP contribution in [0.25, 0.3) is 0 Å². The third-order valence-corrected chi connectivity index (χ3v) is 4.57. The van der Waals surface area contributed by atoms with Gasteiger partial charge in [-0.15, -0.1) is 0 Å². The van der Waals surface area contributed by atoms with E-state index in [1.807, 2.05) is 6.92 Å². The highest BCUT2D eigenvalue weighted by atomic mass is 32.2. The van der Waals surface area contributed by atoms with Crippen LogP contribution in [0.15, 0.2) is 0 Å². The van der Waals surface area contributed by atoms with Crippen LogP contribution in [-0.2, 0) is 14.8 Å². The Morgan fingerprint density at radius 3 is 2.69 bits per heavy atom. The quantitative estimate of drug-likeness (QED) is 0.709. The van der Waals surface area contributed by atoms with Gasteiger partial charge in [0, 0.05) is 6.61 Å². The molecule has 0 radical (unpaired) electrons. The fraction of sp³-hybridized carbons (Fsp3) is 1.00. The largest absolute Gasteiger partial charge is 0.394 e. The lowest BCUT2D eigenvalue weighted by Crippen LogP contribution is -2.50. The van der Waals surface area contributed by atoms with Crippen LogP contribution in [0, 0.1) is 0 Å². The Balaban J connectivity index is 2.56. The zero-order chi connectivity index (χ0) is 12.2. The van der Waals surface area contributed by atoms with Gasteiger partial charge in [0.1, 0.15) is 0 Å². The molecule has 5 nitrogen and oxygen atoms in total. The van der Waals surface area contributed by atoms with E-state index in [0.717, 1.165) is 12.8 Å². The van der Waals surface area contributed by atoms with Crippen molar-refractivity contribution in [1.29, 1.82) is 0 Å². The zero-order valence-electron chi connectivity index (χ0n) is 9.90. The molecule has 0 aliphatic carbocycles. The molecular weight excluding hydrogens is 230 g/mol. The molecule has 1 aliphatic heterocycles. The van der Waals surface area contributed by atoms with Crippen molar-refractivity contribution in [3.8, 4) is 0 Å². The predicted molar refractivity (Wildman–Crippen MR) is 61.7 cm³/mol. The van der Waals surface area contributed by atoms with Crippen LogP contribution in [-0.4, -0.2) is 44.1 Å². The first-order valence-corrected chi connectivity index (χ1v) is 7.30. The molecule has 1 aliphatic rings. The van der Waals surface area contributed by atoms with Crippen molar-refractivity contribution >= 4 is 10.0 Å². The monoisotopic (exact) mass is 251 g/mol. The van der Waals surface area contributed by atoms with Crippen molar-refractivity contribution in [3.05, 3.63) is 0 Å². The van der Waals surface area contributed by atoms with Crippen LogP contribution in [0.1, 0.15) is 33.1 Å². The molecule has 2 N–H and O–H groups in total. The van der Waals surface area contributed by atoms with Crippen LogP contribution in [0.5, 0.6) is 0 Å². The molecule has 0 bridgehead atoms. The average molecular weight is 251 g/mol. The molecule has 2 unspecified atom stereocenters. The molecule has 0 amide bonds. The summed E-state index contributed by atoms with van der Waals surface area (Å²) in [6.45, 7) is 3.98. The van der Waals surface area contributed by atoms with E-state index in [1.54, 1.807) is 6.92 Å². The number of aliphatic hydroxyl groups excluding tert-OH is 1. The average Bonchev–Trinajstić information content (AvgIpc) is 2.68. The van der Waals surface area contributed by atoms with Gasteiger partial charge in [0.2, 0.25) is 10.0 Å². The number of sulfonamides is 1. The molecule has 0 aromatic heterocycles. The lowest BCUT2D eigenvalue weighted by Gasteiger charge is -2.27. The minimum atomic E-state index is -3.38. The Kier molecular flexibility index (Phi) is 4.73. The van der Waals surface area contributed by atoms with Gasteiger partial charge in [0.25, 0.3) is 0 Å². The fourth-order valence-electron chi connectivity index (χ4n) is 1.65. The second kappa shape index (κ2) is 5.44. The Hall–Kier alpha value is -0.170. The molecule has 2 atom stereocenters. The van der Waals surface area contributed by atoms with Gasteiger partial charge < -0.3 is 9.84 Å². The second-order valence-electron chi connectivity index (χ2n) is 4.59. The zero-order valence-corrected chi connectivity index (χ0v) is 10.7. The van der Waals surface area contributed by atoms with E-state index in [1.165, 1.54) is 0 Å². The van der Waals surface area contributed by atoms with Crippen molar-refractivity contribution in [3.63, 3.8) is 0 Å². The molecule has 0 aromatic rings. The van der Waals surface area contributed by atoms with Gasteiger partial charge in [-0.3, -0.25) is 0 Å². The minimum Gasteiger partial charge on any atom is -0.394 e. The summed E-state index contributed by atoms with van der Waals surface area (Å²) in [5.74, 6) is -0.0113. The van der Waals surface area contributed by atoms with Gasteiger partial charge in [0.05, 0.1) is 24.0 Å². The standard InChI is InChI=1S/C10H21NO4S/c1-3-10(2,8-12)11-16(13,14)7-9-5-4-6-15-9/h9,11-12H,3-8H2,1-2H3. The number of hydrogen-bond donors (Lipinski definition) is 2. The van der Waals surface area contributed by atoms with E-state index < -0.39 is 15.6 Å². The van der Waals surface area contributed by atoms with E-state index in [-0.39, 0.29) is 18.5 Å². The summed E-state index contributed by atoms with van der Waals surface area (Å²) in [6, 6.07) is 0. The van der Waals surface area contributed by atoms with E-state index in [2.05, 4.69) is 4.72 Å². The van der Waals surface area contributed by atoms with Crippen LogP contribution in [0.2, 0.25) is 0 Å². The summed E-state index contributed by atoms with van der Waals surface area (Å²) >= 11 is 0. The molecule has 0 saturated carbocycles. The van der Waals surface area contributed by atoms with Crippen molar-refractivity contribution in [1.82, 2.24) is 4.72 Å². The van der Waals surface area contributed by atoms with Gasteiger partial charge in [0.15, 0.2) is 0 Å². The lowest BCUT2D eigenvalue weighted by molar-refractivity contribution is 0.126. The molecule has 0 spiro atoms. The first kappa shape index (κ1) is 13.9. The van der Waals surface area contributed by atoms with Crippen LogP contribution < -0.4 is 4.72 Å². The van der Waals surface area contributed by atoms with E-state index >= 15 is 0 Å². The number of rotatable bonds is 6. The maximum absolute atomic E-state index is 11.8. The first-order valence-electron chi connectivity index (χ1n) is 5.65. The SMILES string of the molecule is CCC(C)(CO)NS(=O)(=O)CC1CCCO1. The number of aliphatic hydroxyl groups is 1. The van der Waals surface area contributed by atoms with Crippen LogP contribution in [0.4, 0.5) is 0 Å². The van der Waals surface area contributed by atoms with Crippen LogP contribution in [0.3, 0.4) is 0 Å². The number of hydrogen-bond acceptors (Lipinski definition) is 4. The summed E-state index contributed by atoms with van der Waals surface area (Å²) < 4.78 is 31.5. The topological polar surface area (TPSA) is 75.6 Å². The third kappa shape index (κ3) is 4.01. The lowest BCUT2D eigenvalue weighted by atomic mass is 10.0. The van der Waals surface area contributed by atoms with Crippen molar-refractivity contribution < 1.29 is 18.3 Å². The summed E-state index contributed by atoms with van der Waals surface area (Å²) in [5, 5.41) is 9.15. The smallest absolute Gasteiger partial charge is 0.214 e. The highest BCUT2D eigenvalue weighted by Gasteiger charge is 2.30. The molecule has 1 fully saturated rings. The van der Waals surface area contributed by atoms with Gasteiger partial charge in [-0.1, -0.05) is 6.92 Å². The van der Waals surface area contributed by atoms with E-state index in [0.29, 0.717) is 13.0 Å². The van der Waals surface area contributed by atoms with Gasteiger partial charge in [-0.25, -0.2) is 13.1 Å². The van der Waals surface area contributed by atoms with Gasteiger partial charge >= 0.3 is 0 Å². The van der Waals surface area contributed by atoms with E-state index in [4.69, 9.17) is 9.84 Å². The summed E-state index contributed by atoms with van der Waals surface area (Å²) in [6.07, 6.45) is 2.07. The Morgan fingerprint density at radius 1 is 1.56 bits per heavy atom. The number of nitrogens with one attached hydrogen (secondary N) is 1. The highest BCUT2D eigenvalue weighted by molar-refractivity contribution is 7.89. The minimum absolute atomic E-state index is 0.0113. The van der Waals surface area contributed by atoms with Crippen molar-refractivity contribution in [2.24, 2.45) is 0 Å². The molecule has 96 valence electrons. The Bertz CT molecular complexity index is 305. The third-order valence-electron chi connectivity index (χ3n) is 2.96. The Morgan fingerprint density at radius 2 is 2.25 bits per heavy atom. The fourth-order valence-corrected chi connectivity index (χ4v) is 3.45. The molecule has 6 heteroatoms. The van der Waals surface area contributed by atoms with Crippen LogP contribution >= 0.6 is 0 Å². The molecular formula is C10H21NO4S. The molecule has 1 heterocycles. The first-order chi connectivity index (χ1) is 7.41. The summed E-state index contributed by atoms with van der Waals surface area (Å²) in [5.41, 5.74) is -0.766. The predicted octanol–water partition coefficient (Wildman–Crippen LogP) is 0.246.